The number of hydrogen-bond donors (Lipinski definition) is 1. The fourth-order valence-corrected chi connectivity index (χ4v) is 4.98. The second kappa shape index (κ2) is 14.6. The molecule has 0 unspecified atom stereocenters. The molecule has 3 heterocycles. The largest absolute Gasteiger partial charge is 0.468 e. The summed E-state index contributed by atoms with van der Waals surface area (Å²) < 4.78 is 18.6. The monoisotopic (exact) mass is 538 g/mol. The summed E-state index contributed by atoms with van der Waals surface area (Å²) in [6.07, 6.45) is 9.50. The van der Waals surface area contributed by atoms with Gasteiger partial charge in [0.1, 0.15) is 6.61 Å². The molecule has 39 heavy (non-hydrogen) atoms. The minimum Gasteiger partial charge on any atom is -0.468 e. The number of aromatic nitrogens is 4. The molecule has 1 aromatic carbocycles. The van der Waals surface area contributed by atoms with Crippen molar-refractivity contribution < 1.29 is 19.0 Å². The zero-order chi connectivity index (χ0) is 27.5. The van der Waals surface area contributed by atoms with E-state index >= 15 is 0 Å². The number of benzene rings is 1. The Morgan fingerprint density at radius 1 is 1.03 bits per heavy atom. The SMILES string of the molecule is CCCCOc1nc(N)c2nc(OC)n(CCCCCCC3CCN(C(=O)OCc4ccccc4)CC3)c2n1. The highest BCUT2D eigenvalue weighted by molar-refractivity contribution is 5.83. The molecule has 0 radical (unpaired) electrons. The van der Waals surface area contributed by atoms with E-state index in [4.69, 9.17) is 19.9 Å². The van der Waals surface area contributed by atoms with Crippen molar-refractivity contribution in [1.82, 2.24) is 24.4 Å². The number of fused-ring (bicyclic) bond motifs is 1. The van der Waals surface area contributed by atoms with E-state index in [9.17, 15) is 4.79 Å². The number of nitrogens with two attached hydrogens (primary N) is 1. The molecule has 1 amide bonds. The van der Waals surface area contributed by atoms with Crippen LogP contribution in [0.1, 0.15) is 70.3 Å². The number of aryl methyl sites for hydroxylation is 1. The van der Waals surface area contributed by atoms with Crippen molar-refractivity contribution in [2.75, 3.05) is 32.5 Å². The number of imidazole rings is 1. The van der Waals surface area contributed by atoms with Crippen molar-refractivity contribution in [3.05, 3.63) is 35.9 Å². The Hall–Kier alpha value is -3.56. The molecule has 1 aliphatic rings. The fraction of sp³-hybridized carbons (Fsp3) is 0.586. The smallest absolute Gasteiger partial charge is 0.410 e. The third kappa shape index (κ3) is 7.97. The lowest BCUT2D eigenvalue weighted by molar-refractivity contribution is 0.0813. The molecular weight excluding hydrogens is 496 g/mol. The molecule has 0 bridgehead atoms. The molecular formula is C29H42N6O4. The van der Waals surface area contributed by atoms with Gasteiger partial charge >= 0.3 is 12.1 Å². The third-order valence-electron chi connectivity index (χ3n) is 7.30. The van der Waals surface area contributed by atoms with Crippen LogP contribution in [0.25, 0.3) is 11.2 Å². The molecule has 1 saturated heterocycles. The van der Waals surface area contributed by atoms with Crippen LogP contribution < -0.4 is 15.2 Å². The first-order chi connectivity index (χ1) is 19.1. The number of ether oxygens (including phenoxy) is 3. The Morgan fingerprint density at radius 2 is 1.79 bits per heavy atom. The Morgan fingerprint density at radius 3 is 2.54 bits per heavy atom. The van der Waals surface area contributed by atoms with Crippen molar-refractivity contribution in [2.24, 2.45) is 5.92 Å². The normalized spacial score (nSPS) is 14.1. The summed E-state index contributed by atoms with van der Waals surface area (Å²) in [6, 6.07) is 10.6. The molecule has 3 aromatic rings. The molecule has 1 fully saturated rings. The van der Waals surface area contributed by atoms with Gasteiger partial charge in [-0.15, -0.1) is 0 Å². The quantitative estimate of drug-likeness (QED) is 0.264. The Bertz CT molecular complexity index is 1180. The van der Waals surface area contributed by atoms with Gasteiger partial charge in [-0.05, 0) is 37.2 Å². The number of carbonyl (C=O) groups is 1. The van der Waals surface area contributed by atoms with Gasteiger partial charge in [-0.3, -0.25) is 4.57 Å². The lowest BCUT2D eigenvalue weighted by Crippen LogP contribution is -2.38. The van der Waals surface area contributed by atoms with Crippen LogP contribution in [0.15, 0.2) is 30.3 Å². The van der Waals surface area contributed by atoms with E-state index in [1.165, 1.54) is 12.8 Å². The van der Waals surface area contributed by atoms with Gasteiger partial charge in [-0.25, -0.2) is 4.79 Å². The van der Waals surface area contributed by atoms with E-state index < -0.39 is 0 Å². The van der Waals surface area contributed by atoms with Gasteiger partial charge < -0.3 is 24.8 Å². The minimum absolute atomic E-state index is 0.202. The van der Waals surface area contributed by atoms with E-state index in [0.29, 0.717) is 42.1 Å². The van der Waals surface area contributed by atoms with E-state index in [1.54, 1.807) is 7.11 Å². The summed E-state index contributed by atoms with van der Waals surface area (Å²) >= 11 is 0. The van der Waals surface area contributed by atoms with Crippen LogP contribution in [0.5, 0.6) is 12.0 Å². The van der Waals surface area contributed by atoms with Gasteiger partial charge in [0, 0.05) is 19.6 Å². The molecule has 2 N–H and O–H groups in total. The van der Waals surface area contributed by atoms with Gasteiger partial charge in [0.15, 0.2) is 17.0 Å². The number of carbonyl (C=O) groups excluding carboxylic acids is 1. The molecule has 4 rings (SSSR count). The first-order valence-corrected chi connectivity index (χ1v) is 14.2. The van der Waals surface area contributed by atoms with E-state index in [-0.39, 0.29) is 12.1 Å². The number of methoxy groups -OCH3 is 1. The van der Waals surface area contributed by atoms with E-state index in [0.717, 1.165) is 70.1 Å². The highest BCUT2D eigenvalue weighted by atomic mass is 16.6. The molecule has 212 valence electrons. The highest BCUT2D eigenvalue weighted by Gasteiger charge is 2.23. The predicted octanol–water partition coefficient (Wildman–Crippen LogP) is 5.60. The summed E-state index contributed by atoms with van der Waals surface area (Å²) in [5, 5.41) is 0. The molecule has 10 heteroatoms. The molecule has 1 aliphatic heterocycles. The van der Waals surface area contributed by atoms with Gasteiger partial charge in [0.2, 0.25) is 0 Å². The number of unbranched alkanes of at least 4 members (excludes halogenated alkanes) is 4. The molecule has 10 nitrogen and oxygen atoms in total. The maximum Gasteiger partial charge on any atom is 0.410 e. The van der Waals surface area contributed by atoms with Crippen LogP contribution in [0.2, 0.25) is 0 Å². The average Bonchev–Trinajstić information content (AvgIpc) is 3.32. The first kappa shape index (κ1) is 28.4. The number of piperidine rings is 1. The number of rotatable bonds is 14. The lowest BCUT2D eigenvalue weighted by Gasteiger charge is -2.31. The highest BCUT2D eigenvalue weighted by Crippen LogP contribution is 2.27. The lowest BCUT2D eigenvalue weighted by atomic mass is 9.91. The second-order valence-corrected chi connectivity index (χ2v) is 10.2. The second-order valence-electron chi connectivity index (χ2n) is 10.2. The maximum atomic E-state index is 12.4. The zero-order valence-electron chi connectivity index (χ0n) is 23.3. The minimum atomic E-state index is -0.202. The van der Waals surface area contributed by atoms with E-state index in [2.05, 4.69) is 21.9 Å². The van der Waals surface area contributed by atoms with Crippen molar-refractivity contribution >= 4 is 23.1 Å². The Kier molecular flexibility index (Phi) is 10.6. The van der Waals surface area contributed by atoms with Crippen LogP contribution in [-0.2, 0) is 17.9 Å². The van der Waals surface area contributed by atoms with E-state index in [1.807, 2.05) is 39.8 Å². The summed E-state index contributed by atoms with van der Waals surface area (Å²) in [7, 11) is 1.61. The summed E-state index contributed by atoms with van der Waals surface area (Å²) in [4.78, 5) is 27.5. The number of nitrogens with zero attached hydrogens (tertiary/aromatic N) is 5. The Labute approximate surface area is 230 Å². The molecule has 2 aromatic heterocycles. The number of amides is 1. The zero-order valence-corrected chi connectivity index (χ0v) is 23.3. The summed E-state index contributed by atoms with van der Waals surface area (Å²) in [5.74, 6) is 0.978. The van der Waals surface area contributed by atoms with Crippen molar-refractivity contribution in [1.29, 1.82) is 0 Å². The number of anilines is 1. The van der Waals surface area contributed by atoms with Crippen molar-refractivity contribution in [2.45, 2.75) is 77.9 Å². The molecule has 0 aliphatic carbocycles. The van der Waals surface area contributed by atoms with Gasteiger partial charge in [-0.2, -0.15) is 15.0 Å². The topological polar surface area (TPSA) is 118 Å². The predicted molar refractivity (Wildman–Crippen MR) is 151 cm³/mol. The average molecular weight is 539 g/mol. The molecule has 0 spiro atoms. The van der Waals surface area contributed by atoms with Crippen molar-refractivity contribution in [3.63, 3.8) is 0 Å². The van der Waals surface area contributed by atoms with Gasteiger partial charge in [0.05, 0.1) is 13.7 Å². The summed E-state index contributed by atoms with van der Waals surface area (Å²) in [6.45, 7) is 5.30. The first-order valence-electron chi connectivity index (χ1n) is 14.2. The number of nitrogen functional groups attached to an aromatic ring is 1. The molecule has 0 atom stereocenters. The van der Waals surface area contributed by atoms with Crippen molar-refractivity contribution in [3.8, 4) is 12.0 Å². The standard InChI is InChI=1S/C29H42N6O4/c1-3-4-20-38-27-32-25(30)24-26(33-27)35(28(31-24)37-2)17-11-6-5-8-12-22-15-18-34(19-16-22)29(36)39-21-23-13-9-7-10-14-23/h7,9-10,13-14,22H,3-6,8,11-12,15-21H2,1-2H3,(H2,30,32,33). The number of hydrogen-bond acceptors (Lipinski definition) is 8. The van der Waals surface area contributed by atoms with Crippen LogP contribution >= 0.6 is 0 Å². The maximum absolute atomic E-state index is 12.4. The van der Waals surface area contributed by atoms with Crippen LogP contribution in [0, 0.1) is 5.92 Å². The van der Waals surface area contributed by atoms with Crippen LogP contribution in [0.3, 0.4) is 0 Å². The Balaban J connectivity index is 1.16. The third-order valence-corrected chi connectivity index (χ3v) is 7.30. The number of likely N-dealkylation sites (tertiary alicyclic amines) is 1. The summed E-state index contributed by atoms with van der Waals surface area (Å²) in [5.41, 5.74) is 8.35. The molecule has 0 saturated carbocycles. The van der Waals surface area contributed by atoms with Gasteiger partial charge in [0.25, 0.3) is 6.01 Å². The fourth-order valence-electron chi connectivity index (χ4n) is 4.98. The van der Waals surface area contributed by atoms with Crippen LogP contribution in [-0.4, -0.2) is 57.3 Å². The van der Waals surface area contributed by atoms with Gasteiger partial charge in [-0.1, -0.05) is 69.4 Å². The van der Waals surface area contributed by atoms with Crippen LogP contribution in [0.4, 0.5) is 10.6 Å².